The molecule has 226 valence electrons. The first-order chi connectivity index (χ1) is 20.6. The molecular weight excluding hydrogens is 579 g/mol. The molecule has 2 heterocycles. The van der Waals surface area contributed by atoms with Gasteiger partial charge in [0.25, 0.3) is 5.91 Å². The largest absolute Gasteiger partial charge is 0.494 e. The number of alkyl halides is 3. The number of halogens is 3. The van der Waals surface area contributed by atoms with Crippen molar-refractivity contribution < 1.29 is 32.6 Å². The number of carboxylic acid groups (broad SMARTS) is 1. The number of aliphatic carboxylic acids is 1. The van der Waals surface area contributed by atoms with Gasteiger partial charge in [-0.3, -0.25) is 4.79 Å². The summed E-state index contributed by atoms with van der Waals surface area (Å²) in [7, 11) is 0. The average molecular weight is 612 g/mol. The third-order valence-electron chi connectivity index (χ3n) is 6.72. The molecule has 2 aromatic heterocycles. The molecule has 2 N–H and O–H groups in total. The van der Waals surface area contributed by atoms with Gasteiger partial charge in [-0.1, -0.05) is 69.0 Å². The number of carbonyl (C=O) groups excluding carboxylic acids is 1. The molecule has 0 bridgehead atoms. The second-order valence-corrected chi connectivity index (χ2v) is 11.1. The van der Waals surface area contributed by atoms with E-state index in [1.807, 2.05) is 24.3 Å². The van der Waals surface area contributed by atoms with Crippen molar-refractivity contribution in [3.63, 3.8) is 0 Å². The molecule has 1 atom stereocenters. The lowest BCUT2D eigenvalue weighted by Gasteiger charge is -2.14. The highest BCUT2D eigenvalue weighted by molar-refractivity contribution is 7.14. The molecule has 1 amide bonds. The number of carbonyl (C=O) groups is 2. The molecule has 0 aliphatic carbocycles. The van der Waals surface area contributed by atoms with Crippen molar-refractivity contribution in [3.8, 4) is 28.3 Å². The first-order valence-corrected chi connectivity index (χ1v) is 14.8. The molecule has 0 saturated carbocycles. The fourth-order valence-corrected chi connectivity index (χ4v) is 5.11. The van der Waals surface area contributed by atoms with E-state index in [9.17, 15) is 27.9 Å². The number of thiophene rings is 1. The van der Waals surface area contributed by atoms with Crippen LogP contribution in [-0.4, -0.2) is 39.6 Å². The van der Waals surface area contributed by atoms with Crippen LogP contribution in [0.25, 0.3) is 22.5 Å². The minimum atomic E-state index is -4.57. The van der Waals surface area contributed by atoms with Crippen LogP contribution in [-0.2, 0) is 17.4 Å². The molecule has 43 heavy (non-hydrogen) atoms. The number of rotatable bonds is 14. The zero-order valence-electron chi connectivity index (χ0n) is 23.6. The van der Waals surface area contributed by atoms with Crippen LogP contribution in [0.3, 0.4) is 0 Å². The van der Waals surface area contributed by atoms with Crippen molar-refractivity contribution in [1.82, 2.24) is 15.3 Å². The molecule has 0 aliphatic heterocycles. The Kier molecular flexibility index (Phi) is 10.9. The van der Waals surface area contributed by atoms with E-state index in [-0.39, 0.29) is 22.6 Å². The van der Waals surface area contributed by atoms with E-state index in [2.05, 4.69) is 22.2 Å². The van der Waals surface area contributed by atoms with Crippen molar-refractivity contribution in [1.29, 1.82) is 0 Å². The summed E-state index contributed by atoms with van der Waals surface area (Å²) in [4.78, 5) is 32.0. The van der Waals surface area contributed by atoms with E-state index in [0.717, 1.165) is 35.4 Å². The number of unbranched alkanes of at least 4 members (excludes halogenated alkanes) is 4. The molecule has 4 aromatic rings. The van der Waals surface area contributed by atoms with Crippen LogP contribution in [0.5, 0.6) is 5.75 Å². The Balaban J connectivity index is 1.32. The molecule has 0 radical (unpaired) electrons. The first-order valence-electron chi connectivity index (χ1n) is 14.0. The molecule has 4 rings (SSSR count). The number of hydrogen-bond donors (Lipinski definition) is 2. The predicted octanol–water partition coefficient (Wildman–Crippen LogP) is 7.67. The van der Waals surface area contributed by atoms with Crippen molar-refractivity contribution in [2.75, 3.05) is 6.61 Å². The average Bonchev–Trinajstić information content (AvgIpc) is 3.51. The number of benzene rings is 2. The zero-order chi connectivity index (χ0) is 30.8. The van der Waals surface area contributed by atoms with Gasteiger partial charge in [0.05, 0.1) is 11.5 Å². The van der Waals surface area contributed by atoms with Gasteiger partial charge in [-0.15, -0.1) is 11.3 Å². The summed E-state index contributed by atoms with van der Waals surface area (Å²) in [6, 6.07) is 15.2. The summed E-state index contributed by atoms with van der Waals surface area (Å²) in [5.74, 6) is -0.868. The van der Waals surface area contributed by atoms with Crippen LogP contribution in [0, 0.1) is 0 Å². The minimum Gasteiger partial charge on any atom is -0.494 e. The molecule has 11 heteroatoms. The quantitative estimate of drug-likeness (QED) is 0.142. The van der Waals surface area contributed by atoms with Crippen molar-refractivity contribution in [2.24, 2.45) is 0 Å². The number of nitrogens with one attached hydrogen (secondary N) is 1. The van der Waals surface area contributed by atoms with Crippen LogP contribution < -0.4 is 10.1 Å². The van der Waals surface area contributed by atoms with Gasteiger partial charge in [-0.05, 0) is 41.8 Å². The minimum absolute atomic E-state index is 0.0583. The molecule has 0 unspecified atom stereocenters. The van der Waals surface area contributed by atoms with Crippen molar-refractivity contribution in [2.45, 2.75) is 57.7 Å². The van der Waals surface area contributed by atoms with Crippen LogP contribution in [0.15, 0.2) is 73.1 Å². The van der Waals surface area contributed by atoms with Crippen LogP contribution in [0.4, 0.5) is 13.2 Å². The van der Waals surface area contributed by atoms with Gasteiger partial charge >= 0.3 is 12.1 Å². The second-order valence-electron chi connectivity index (χ2n) is 10.0. The fraction of sp³-hybridized carbons (Fsp3) is 0.312. The maximum Gasteiger partial charge on any atom is 0.425 e. The maximum atomic E-state index is 12.8. The van der Waals surface area contributed by atoms with Gasteiger partial charge in [0.1, 0.15) is 16.7 Å². The lowest BCUT2D eigenvalue weighted by Crippen LogP contribution is -2.42. The van der Waals surface area contributed by atoms with Crippen LogP contribution in [0.2, 0.25) is 0 Å². The van der Waals surface area contributed by atoms with Crippen molar-refractivity contribution >= 4 is 23.2 Å². The van der Waals surface area contributed by atoms with E-state index in [4.69, 9.17) is 4.74 Å². The number of ether oxygens (including phenoxy) is 1. The fourth-order valence-electron chi connectivity index (χ4n) is 4.33. The molecule has 0 fully saturated rings. The van der Waals surface area contributed by atoms with Gasteiger partial charge < -0.3 is 15.2 Å². The Morgan fingerprint density at radius 1 is 0.884 bits per heavy atom. The number of hydrogen-bond acceptors (Lipinski definition) is 6. The lowest BCUT2D eigenvalue weighted by atomic mass is 10.0. The molecular formula is C32H32F3N3O4S. The van der Waals surface area contributed by atoms with E-state index >= 15 is 0 Å². The Morgan fingerprint density at radius 3 is 2.14 bits per heavy atom. The van der Waals surface area contributed by atoms with Gasteiger partial charge in [-0.25, -0.2) is 14.8 Å². The second kappa shape index (κ2) is 14.8. The number of carboxylic acids is 1. The zero-order valence-corrected chi connectivity index (χ0v) is 24.4. The molecule has 0 saturated heterocycles. The van der Waals surface area contributed by atoms with Gasteiger partial charge in [0, 0.05) is 29.9 Å². The number of nitrogens with zero attached hydrogens (tertiary/aromatic N) is 2. The summed E-state index contributed by atoms with van der Waals surface area (Å²) >= 11 is 0.263. The van der Waals surface area contributed by atoms with Crippen LogP contribution >= 0.6 is 11.3 Å². The Labute approximate surface area is 251 Å². The SMILES string of the molecule is CCCCCCCOc1ccc(-c2cnc(-c3ccc(C[C@H](NC(=O)c4ccc(C(F)(F)F)s4)C(=O)O)cc3)nc2)cc1. The third-order valence-corrected chi connectivity index (χ3v) is 7.85. The standard InChI is InChI=1S/C32H32F3N3O4S/c1-2-3-4-5-6-17-42-25-13-11-22(12-14-25)24-19-36-29(37-20-24)23-9-7-21(8-10-23)18-26(31(40)41)38-30(39)27-15-16-28(43-27)32(33,34)35/h7-16,19-20,26H,2-6,17-18H2,1H3,(H,38,39)(H,40,41)/t26-/m0/s1. The smallest absolute Gasteiger partial charge is 0.425 e. The Bertz CT molecular complexity index is 1490. The Hall–Kier alpha value is -4.25. The third kappa shape index (κ3) is 9.12. The number of amides is 1. The van der Waals surface area contributed by atoms with E-state index in [1.54, 1.807) is 36.7 Å². The summed E-state index contributed by atoms with van der Waals surface area (Å²) in [6.07, 6.45) is 4.75. The predicted molar refractivity (Wildman–Crippen MR) is 159 cm³/mol. The summed E-state index contributed by atoms with van der Waals surface area (Å²) in [6.45, 7) is 2.90. The highest BCUT2D eigenvalue weighted by atomic mass is 32.1. The van der Waals surface area contributed by atoms with Gasteiger partial charge in [0.15, 0.2) is 5.82 Å². The van der Waals surface area contributed by atoms with E-state index < -0.39 is 29.0 Å². The summed E-state index contributed by atoms with van der Waals surface area (Å²) < 4.78 is 44.4. The van der Waals surface area contributed by atoms with E-state index in [1.165, 1.54) is 25.7 Å². The topological polar surface area (TPSA) is 101 Å². The maximum absolute atomic E-state index is 12.8. The molecule has 0 aliphatic rings. The lowest BCUT2D eigenvalue weighted by molar-refractivity contribution is -0.139. The molecule has 0 spiro atoms. The highest BCUT2D eigenvalue weighted by Gasteiger charge is 2.33. The van der Waals surface area contributed by atoms with Gasteiger partial charge in [-0.2, -0.15) is 13.2 Å². The number of aromatic nitrogens is 2. The molecule has 7 nitrogen and oxygen atoms in total. The molecule has 2 aromatic carbocycles. The van der Waals surface area contributed by atoms with Crippen LogP contribution in [0.1, 0.15) is 59.1 Å². The highest BCUT2D eigenvalue weighted by Crippen LogP contribution is 2.34. The summed E-state index contributed by atoms with van der Waals surface area (Å²) in [5, 5.41) is 11.9. The van der Waals surface area contributed by atoms with E-state index in [0.29, 0.717) is 23.6 Å². The van der Waals surface area contributed by atoms with Gasteiger partial charge in [0.2, 0.25) is 0 Å². The normalized spacial score (nSPS) is 12.1. The monoisotopic (exact) mass is 611 g/mol. The van der Waals surface area contributed by atoms with Crippen molar-refractivity contribution in [3.05, 3.63) is 88.4 Å². The summed E-state index contributed by atoms with van der Waals surface area (Å²) in [5.41, 5.74) is 3.13. The Morgan fingerprint density at radius 2 is 1.53 bits per heavy atom. The first kappa shape index (κ1) is 31.7.